The van der Waals surface area contributed by atoms with Crippen molar-refractivity contribution in [1.29, 1.82) is 0 Å². The highest BCUT2D eigenvalue weighted by Gasteiger charge is 2.25. The molecule has 1 aliphatic heterocycles. The van der Waals surface area contributed by atoms with Gasteiger partial charge in [0.2, 0.25) is 0 Å². The van der Waals surface area contributed by atoms with E-state index in [2.05, 4.69) is 5.32 Å². The first-order chi connectivity index (χ1) is 13.0. The van der Waals surface area contributed by atoms with E-state index in [0.29, 0.717) is 56.8 Å². The molecule has 1 aliphatic rings. The van der Waals surface area contributed by atoms with Crippen molar-refractivity contribution in [3.63, 3.8) is 0 Å². The topological polar surface area (TPSA) is 79.0 Å². The molecule has 27 heavy (non-hydrogen) atoms. The summed E-state index contributed by atoms with van der Waals surface area (Å²) in [5.41, 5.74) is 1.11. The van der Waals surface area contributed by atoms with Crippen molar-refractivity contribution in [2.75, 3.05) is 32.8 Å². The quantitative estimate of drug-likeness (QED) is 0.829. The Balaban J connectivity index is 1.88. The number of benzene rings is 1. The van der Waals surface area contributed by atoms with Crippen molar-refractivity contribution < 1.29 is 19.1 Å². The molecule has 1 saturated heterocycles. The summed E-state index contributed by atoms with van der Waals surface area (Å²) in [7, 11) is 0. The summed E-state index contributed by atoms with van der Waals surface area (Å²) in [5, 5.41) is 3.01. The molecule has 7 heteroatoms. The zero-order valence-electron chi connectivity index (χ0n) is 16.4. The fourth-order valence-electron chi connectivity index (χ4n) is 3.15. The molecule has 1 aromatic carbocycles. The van der Waals surface area contributed by atoms with Gasteiger partial charge in [0.25, 0.3) is 11.8 Å². The first-order valence-corrected chi connectivity index (χ1v) is 9.62. The van der Waals surface area contributed by atoms with Crippen molar-refractivity contribution in [3.8, 4) is 0 Å². The van der Waals surface area contributed by atoms with Crippen LogP contribution in [0.2, 0.25) is 0 Å². The minimum Gasteiger partial charge on any atom is -0.450 e. The van der Waals surface area contributed by atoms with E-state index in [1.54, 1.807) is 41.0 Å². The van der Waals surface area contributed by atoms with Gasteiger partial charge in [0.1, 0.15) is 0 Å². The molecule has 0 atom stereocenters. The molecule has 1 aromatic rings. The molecule has 0 unspecified atom stereocenters. The maximum Gasteiger partial charge on any atom is 0.409 e. The van der Waals surface area contributed by atoms with E-state index >= 15 is 0 Å². The average molecular weight is 375 g/mol. The maximum absolute atomic E-state index is 12.4. The van der Waals surface area contributed by atoms with Gasteiger partial charge in [-0.25, -0.2) is 4.79 Å². The third-order valence-electron chi connectivity index (χ3n) is 4.80. The van der Waals surface area contributed by atoms with E-state index in [4.69, 9.17) is 4.74 Å². The van der Waals surface area contributed by atoms with E-state index in [1.807, 2.05) is 13.8 Å². The molecule has 1 N–H and O–H groups in total. The maximum atomic E-state index is 12.4. The number of nitrogens with zero attached hydrogens (tertiary/aromatic N) is 2. The molecule has 0 spiro atoms. The summed E-state index contributed by atoms with van der Waals surface area (Å²) in [6.07, 6.45) is 1.10. The molecule has 2 rings (SSSR count). The monoisotopic (exact) mass is 375 g/mol. The van der Waals surface area contributed by atoms with Crippen molar-refractivity contribution in [2.45, 2.75) is 39.7 Å². The molecule has 1 heterocycles. The molecule has 7 nitrogen and oxygen atoms in total. The summed E-state index contributed by atoms with van der Waals surface area (Å²) in [4.78, 5) is 39.9. The largest absolute Gasteiger partial charge is 0.450 e. The lowest BCUT2D eigenvalue weighted by Gasteiger charge is -2.31. The predicted octanol–water partition coefficient (Wildman–Crippen LogP) is 2.52. The highest BCUT2D eigenvalue weighted by molar-refractivity contribution is 5.97. The Morgan fingerprint density at radius 3 is 2.11 bits per heavy atom. The first kappa shape index (κ1) is 20.7. The summed E-state index contributed by atoms with van der Waals surface area (Å²) in [5.74, 6) is -0.190. The van der Waals surface area contributed by atoms with E-state index in [-0.39, 0.29) is 23.9 Å². The average Bonchev–Trinajstić information content (AvgIpc) is 2.69. The van der Waals surface area contributed by atoms with Crippen LogP contribution in [0.1, 0.15) is 54.3 Å². The third kappa shape index (κ3) is 5.45. The number of nitrogens with one attached hydrogen (secondary N) is 1. The van der Waals surface area contributed by atoms with Crippen LogP contribution < -0.4 is 5.32 Å². The SMILES string of the molecule is CCOC(=O)N1CCC(NC(=O)c2ccc(C(=O)N(CC)CC)cc2)CC1. The van der Waals surface area contributed by atoms with Crippen LogP contribution in [-0.4, -0.2) is 66.5 Å². The van der Waals surface area contributed by atoms with Crippen molar-refractivity contribution in [1.82, 2.24) is 15.1 Å². The van der Waals surface area contributed by atoms with Gasteiger partial charge in [0.05, 0.1) is 6.61 Å². The van der Waals surface area contributed by atoms with Crippen LogP contribution in [0.15, 0.2) is 24.3 Å². The van der Waals surface area contributed by atoms with Gasteiger partial charge in [-0.3, -0.25) is 9.59 Å². The van der Waals surface area contributed by atoms with Crippen LogP contribution >= 0.6 is 0 Å². The van der Waals surface area contributed by atoms with Crippen molar-refractivity contribution in [3.05, 3.63) is 35.4 Å². The third-order valence-corrected chi connectivity index (χ3v) is 4.80. The number of amides is 3. The lowest BCUT2D eigenvalue weighted by molar-refractivity contribution is 0.0770. The fourth-order valence-corrected chi connectivity index (χ4v) is 3.15. The Morgan fingerprint density at radius 2 is 1.59 bits per heavy atom. The van der Waals surface area contributed by atoms with Gasteiger partial charge in [0, 0.05) is 43.3 Å². The number of piperidine rings is 1. The Morgan fingerprint density at radius 1 is 1.04 bits per heavy atom. The summed E-state index contributed by atoms with van der Waals surface area (Å²) in [6, 6.07) is 6.78. The van der Waals surface area contributed by atoms with Crippen LogP contribution in [0.3, 0.4) is 0 Å². The van der Waals surface area contributed by atoms with Crippen LogP contribution in [-0.2, 0) is 4.74 Å². The van der Waals surface area contributed by atoms with Crippen molar-refractivity contribution >= 4 is 17.9 Å². The summed E-state index contributed by atoms with van der Waals surface area (Å²) >= 11 is 0. The van der Waals surface area contributed by atoms with E-state index in [9.17, 15) is 14.4 Å². The smallest absolute Gasteiger partial charge is 0.409 e. The van der Waals surface area contributed by atoms with Crippen LogP contribution in [0, 0.1) is 0 Å². The Labute approximate surface area is 160 Å². The number of rotatable bonds is 6. The standard InChI is InChI=1S/C20H29N3O4/c1-4-22(5-2)19(25)16-9-7-15(8-10-16)18(24)21-17-11-13-23(14-12-17)20(26)27-6-3/h7-10,17H,4-6,11-14H2,1-3H3,(H,21,24). The number of ether oxygens (including phenoxy) is 1. The minimum atomic E-state index is -0.296. The lowest BCUT2D eigenvalue weighted by atomic mass is 10.0. The first-order valence-electron chi connectivity index (χ1n) is 9.62. The lowest BCUT2D eigenvalue weighted by Crippen LogP contribution is -2.46. The molecule has 3 amide bonds. The second-order valence-electron chi connectivity index (χ2n) is 6.49. The number of carbonyl (C=O) groups is 3. The predicted molar refractivity (Wildman–Crippen MR) is 103 cm³/mol. The Hall–Kier alpha value is -2.57. The Bertz CT molecular complexity index is 648. The zero-order valence-corrected chi connectivity index (χ0v) is 16.4. The molecule has 1 fully saturated rings. The number of hydrogen-bond acceptors (Lipinski definition) is 4. The fraction of sp³-hybridized carbons (Fsp3) is 0.550. The van der Waals surface area contributed by atoms with Gasteiger partial charge < -0.3 is 19.9 Å². The van der Waals surface area contributed by atoms with Gasteiger partial charge in [-0.1, -0.05) is 0 Å². The molecule has 0 radical (unpaired) electrons. The number of hydrogen-bond donors (Lipinski definition) is 1. The molecule has 148 valence electrons. The van der Waals surface area contributed by atoms with E-state index < -0.39 is 0 Å². The highest BCUT2D eigenvalue weighted by atomic mass is 16.6. The summed E-state index contributed by atoms with van der Waals surface area (Å²) in [6.45, 7) is 8.48. The molecule has 0 bridgehead atoms. The van der Waals surface area contributed by atoms with Gasteiger partial charge in [-0.2, -0.15) is 0 Å². The molecular weight excluding hydrogens is 346 g/mol. The molecular formula is C20H29N3O4. The number of carbonyl (C=O) groups excluding carboxylic acids is 3. The molecule has 0 saturated carbocycles. The van der Waals surface area contributed by atoms with Crippen LogP contribution in [0.4, 0.5) is 4.79 Å². The van der Waals surface area contributed by atoms with Gasteiger partial charge in [0.15, 0.2) is 0 Å². The second-order valence-corrected chi connectivity index (χ2v) is 6.49. The van der Waals surface area contributed by atoms with Crippen molar-refractivity contribution in [2.24, 2.45) is 0 Å². The molecule has 0 aliphatic carbocycles. The Kier molecular flexibility index (Phi) is 7.64. The second kappa shape index (κ2) is 9.94. The van der Waals surface area contributed by atoms with E-state index in [1.165, 1.54) is 0 Å². The minimum absolute atomic E-state index is 0.0279. The van der Waals surface area contributed by atoms with Gasteiger partial charge in [-0.05, 0) is 57.9 Å². The number of likely N-dealkylation sites (tertiary alicyclic amines) is 1. The van der Waals surface area contributed by atoms with Gasteiger partial charge >= 0.3 is 6.09 Å². The molecule has 0 aromatic heterocycles. The van der Waals surface area contributed by atoms with Crippen LogP contribution in [0.25, 0.3) is 0 Å². The normalized spacial score (nSPS) is 14.6. The zero-order chi connectivity index (χ0) is 19.8. The van der Waals surface area contributed by atoms with E-state index in [0.717, 1.165) is 0 Å². The highest BCUT2D eigenvalue weighted by Crippen LogP contribution is 2.13. The van der Waals surface area contributed by atoms with Gasteiger partial charge in [-0.15, -0.1) is 0 Å². The van der Waals surface area contributed by atoms with Crippen LogP contribution in [0.5, 0.6) is 0 Å². The summed E-state index contributed by atoms with van der Waals surface area (Å²) < 4.78 is 5.00.